The van der Waals surface area contributed by atoms with Crippen LogP contribution in [0.15, 0.2) is 36.1 Å². The summed E-state index contributed by atoms with van der Waals surface area (Å²) in [5, 5.41) is 5.89. The Balaban J connectivity index is 1.78. The van der Waals surface area contributed by atoms with Gasteiger partial charge in [0.25, 0.3) is 0 Å². The Morgan fingerprint density at radius 1 is 1.36 bits per heavy atom. The van der Waals surface area contributed by atoms with E-state index >= 15 is 0 Å². The molecule has 132 valence electrons. The lowest BCUT2D eigenvalue weighted by atomic mass is 10.1. The number of carbonyl (C=O) groups excluding carboxylic acids is 1. The van der Waals surface area contributed by atoms with Gasteiger partial charge in [-0.1, -0.05) is 6.08 Å². The molecule has 7 nitrogen and oxygen atoms in total. The van der Waals surface area contributed by atoms with E-state index in [0.717, 1.165) is 36.8 Å². The highest BCUT2D eigenvalue weighted by Crippen LogP contribution is 2.34. The third-order valence-corrected chi connectivity index (χ3v) is 4.66. The molecule has 0 saturated carbocycles. The number of nitrogens with zero attached hydrogens (tertiary/aromatic N) is 5. The molecule has 3 heterocycles. The van der Waals surface area contributed by atoms with Gasteiger partial charge in [-0.25, -0.2) is 9.97 Å². The van der Waals surface area contributed by atoms with E-state index in [2.05, 4.69) is 20.3 Å². The van der Waals surface area contributed by atoms with Gasteiger partial charge in [-0.3, -0.25) is 9.78 Å². The molecule has 1 N–H and O–H groups in total. The van der Waals surface area contributed by atoms with Crippen molar-refractivity contribution in [3.63, 3.8) is 0 Å². The lowest BCUT2D eigenvalue weighted by Gasteiger charge is -2.24. The molecule has 8 heteroatoms. The normalized spacial score (nSPS) is 17.6. The van der Waals surface area contributed by atoms with Crippen LogP contribution in [0.3, 0.4) is 0 Å². The summed E-state index contributed by atoms with van der Waals surface area (Å²) < 4.78 is 0. The summed E-state index contributed by atoms with van der Waals surface area (Å²) >= 11 is 1.50. The molecule has 3 rings (SSSR count). The first-order valence-corrected chi connectivity index (χ1v) is 9.12. The average molecular weight is 358 g/mol. The fourth-order valence-corrected chi connectivity index (χ4v) is 3.38. The average Bonchev–Trinajstić information content (AvgIpc) is 3.26. The molecule has 0 bridgehead atoms. The highest BCUT2D eigenvalue weighted by atomic mass is 32.1. The summed E-state index contributed by atoms with van der Waals surface area (Å²) in [5.41, 5.74) is 0.796. The van der Waals surface area contributed by atoms with Crippen LogP contribution in [-0.4, -0.2) is 57.8 Å². The van der Waals surface area contributed by atoms with Crippen LogP contribution in [0.25, 0.3) is 0 Å². The van der Waals surface area contributed by atoms with Crippen molar-refractivity contribution in [2.24, 2.45) is 0 Å². The van der Waals surface area contributed by atoms with Gasteiger partial charge < -0.3 is 15.1 Å². The van der Waals surface area contributed by atoms with Gasteiger partial charge in [0.2, 0.25) is 5.91 Å². The summed E-state index contributed by atoms with van der Waals surface area (Å²) in [6.45, 7) is 1.48. The van der Waals surface area contributed by atoms with Crippen molar-refractivity contribution in [2.75, 3.05) is 32.5 Å². The first-order chi connectivity index (χ1) is 12.1. The van der Waals surface area contributed by atoms with Gasteiger partial charge >= 0.3 is 0 Å². The Kier molecular flexibility index (Phi) is 5.72. The molecule has 1 atom stereocenters. The minimum atomic E-state index is -0.0623. The summed E-state index contributed by atoms with van der Waals surface area (Å²) in [7, 11) is 3.95. The molecular formula is C17H22N6OS. The van der Waals surface area contributed by atoms with Crippen LogP contribution < -0.4 is 5.32 Å². The minimum absolute atomic E-state index is 0.0233. The lowest BCUT2D eigenvalue weighted by Crippen LogP contribution is -2.30. The van der Waals surface area contributed by atoms with Crippen LogP contribution in [0.5, 0.6) is 0 Å². The van der Waals surface area contributed by atoms with Crippen LogP contribution in [0, 0.1) is 0 Å². The summed E-state index contributed by atoms with van der Waals surface area (Å²) in [6, 6.07) is -0.0623. The van der Waals surface area contributed by atoms with Gasteiger partial charge in [-0.15, -0.1) is 11.3 Å². The van der Waals surface area contributed by atoms with Crippen LogP contribution in [0.1, 0.15) is 24.6 Å². The quantitative estimate of drug-likeness (QED) is 0.800. The second-order valence-corrected chi connectivity index (χ2v) is 7.00. The van der Waals surface area contributed by atoms with Gasteiger partial charge in [0.05, 0.1) is 6.04 Å². The van der Waals surface area contributed by atoms with E-state index in [9.17, 15) is 4.79 Å². The SMILES string of the molecule is CN(C)C/C=C/C(=O)N1CCC[C@@H]1c1nccnc1Nc1nccs1. The standard InChI is InChI=1S/C17H22N6OS/c1-22(2)10-4-6-14(24)23-11-3-5-13(23)15-16(19-8-7-18-15)21-17-20-9-12-25-17/h4,6-9,12-13H,3,5,10-11H2,1-2H3,(H,19,20,21)/b6-4+/t13-/m1/s1. The number of thiazole rings is 1. The van der Waals surface area contributed by atoms with E-state index in [0.29, 0.717) is 5.82 Å². The maximum absolute atomic E-state index is 12.6. The first-order valence-electron chi connectivity index (χ1n) is 8.24. The molecule has 2 aromatic rings. The number of hydrogen-bond donors (Lipinski definition) is 1. The zero-order chi connectivity index (χ0) is 17.6. The third-order valence-electron chi connectivity index (χ3n) is 3.97. The van der Waals surface area contributed by atoms with Gasteiger partial charge in [0, 0.05) is 43.1 Å². The second-order valence-electron chi connectivity index (χ2n) is 6.11. The van der Waals surface area contributed by atoms with E-state index in [1.807, 2.05) is 35.4 Å². The first kappa shape index (κ1) is 17.5. The predicted octanol–water partition coefficient (Wildman–Crippen LogP) is 2.46. The van der Waals surface area contributed by atoms with Crippen molar-refractivity contribution in [2.45, 2.75) is 18.9 Å². The Morgan fingerprint density at radius 3 is 2.96 bits per heavy atom. The summed E-state index contributed by atoms with van der Waals surface area (Å²) in [6.07, 6.45) is 10.5. The minimum Gasteiger partial charge on any atom is -0.330 e. The fraction of sp³-hybridized carbons (Fsp3) is 0.412. The van der Waals surface area contributed by atoms with Gasteiger partial charge in [-0.2, -0.15) is 0 Å². The Labute approximate surface area is 151 Å². The zero-order valence-electron chi connectivity index (χ0n) is 14.4. The van der Waals surface area contributed by atoms with Crippen molar-refractivity contribution in [3.8, 4) is 0 Å². The Morgan fingerprint density at radius 2 is 2.20 bits per heavy atom. The number of amides is 1. The maximum Gasteiger partial charge on any atom is 0.246 e. The van der Waals surface area contributed by atoms with E-state index in [1.54, 1.807) is 24.7 Å². The number of likely N-dealkylation sites (N-methyl/N-ethyl adjacent to an activating group) is 1. The molecule has 0 spiro atoms. The van der Waals surface area contributed by atoms with E-state index in [4.69, 9.17) is 0 Å². The molecule has 0 radical (unpaired) electrons. The number of anilines is 2. The molecular weight excluding hydrogens is 336 g/mol. The largest absolute Gasteiger partial charge is 0.330 e. The molecule has 0 aliphatic carbocycles. The molecule has 1 saturated heterocycles. The zero-order valence-corrected chi connectivity index (χ0v) is 15.2. The number of likely N-dealkylation sites (tertiary alicyclic amines) is 1. The third kappa shape index (κ3) is 4.40. The van der Waals surface area contributed by atoms with Crippen molar-refractivity contribution in [3.05, 3.63) is 41.8 Å². The fourth-order valence-electron chi connectivity index (χ4n) is 2.85. The molecule has 1 aliphatic rings. The summed E-state index contributed by atoms with van der Waals surface area (Å²) in [4.78, 5) is 29.6. The predicted molar refractivity (Wildman–Crippen MR) is 98.8 cm³/mol. The van der Waals surface area contributed by atoms with Crippen LogP contribution >= 0.6 is 11.3 Å². The van der Waals surface area contributed by atoms with E-state index < -0.39 is 0 Å². The number of aromatic nitrogens is 3. The monoisotopic (exact) mass is 358 g/mol. The molecule has 1 fully saturated rings. The van der Waals surface area contributed by atoms with E-state index in [-0.39, 0.29) is 11.9 Å². The number of rotatable bonds is 6. The van der Waals surface area contributed by atoms with Crippen molar-refractivity contribution >= 4 is 28.2 Å². The highest BCUT2D eigenvalue weighted by Gasteiger charge is 2.32. The van der Waals surface area contributed by atoms with Gasteiger partial charge in [0.15, 0.2) is 10.9 Å². The van der Waals surface area contributed by atoms with Crippen LogP contribution in [-0.2, 0) is 4.79 Å². The Bertz CT molecular complexity index is 730. The molecule has 0 unspecified atom stereocenters. The number of nitrogens with one attached hydrogen (secondary N) is 1. The van der Waals surface area contributed by atoms with Crippen molar-refractivity contribution in [1.82, 2.24) is 24.8 Å². The Hall–Kier alpha value is -2.32. The van der Waals surface area contributed by atoms with Gasteiger partial charge in [0.1, 0.15) is 5.69 Å². The van der Waals surface area contributed by atoms with Gasteiger partial charge in [-0.05, 0) is 26.9 Å². The van der Waals surface area contributed by atoms with E-state index in [1.165, 1.54) is 11.3 Å². The molecule has 25 heavy (non-hydrogen) atoms. The molecule has 0 aromatic carbocycles. The smallest absolute Gasteiger partial charge is 0.246 e. The highest BCUT2D eigenvalue weighted by molar-refractivity contribution is 7.13. The number of carbonyl (C=O) groups is 1. The van der Waals surface area contributed by atoms with Crippen molar-refractivity contribution in [1.29, 1.82) is 0 Å². The molecule has 2 aromatic heterocycles. The number of hydrogen-bond acceptors (Lipinski definition) is 7. The van der Waals surface area contributed by atoms with Crippen LogP contribution in [0.2, 0.25) is 0 Å². The molecule has 1 amide bonds. The van der Waals surface area contributed by atoms with Crippen molar-refractivity contribution < 1.29 is 4.79 Å². The molecule has 1 aliphatic heterocycles. The second kappa shape index (κ2) is 8.17. The van der Waals surface area contributed by atoms with Crippen LogP contribution in [0.4, 0.5) is 10.9 Å². The summed E-state index contributed by atoms with van der Waals surface area (Å²) in [5.74, 6) is 0.689. The maximum atomic E-state index is 12.6. The lowest BCUT2D eigenvalue weighted by molar-refractivity contribution is -0.127. The topological polar surface area (TPSA) is 74.2 Å².